The van der Waals surface area contributed by atoms with E-state index < -0.39 is 0 Å². The highest BCUT2D eigenvalue weighted by Gasteiger charge is 2.10. The van der Waals surface area contributed by atoms with Crippen molar-refractivity contribution in [2.75, 3.05) is 6.54 Å². The van der Waals surface area contributed by atoms with Crippen LogP contribution in [0.5, 0.6) is 0 Å². The molecule has 1 aliphatic rings. The molecule has 0 radical (unpaired) electrons. The first-order valence-corrected chi connectivity index (χ1v) is 5.22. The summed E-state index contributed by atoms with van der Waals surface area (Å²) < 4.78 is 0. The lowest BCUT2D eigenvalue weighted by Gasteiger charge is -2.21. The van der Waals surface area contributed by atoms with Crippen LogP contribution in [-0.2, 0) is 0 Å². The van der Waals surface area contributed by atoms with Crippen molar-refractivity contribution in [3.05, 3.63) is 23.8 Å². The van der Waals surface area contributed by atoms with E-state index in [9.17, 15) is 0 Å². The number of rotatable bonds is 2. The van der Waals surface area contributed by atoms with Gasteiger partial charge in [-0.05, 0) is 46.1 Å². The van der Waals surface area contributed by atoms with Crippen LogP contribution >= 0.6 is 0 Å². The molecule has 1 aliphatic heterocycles. The van der Waals surface area contributed by atoms with Gasteiger partial charge in [0, 0.05) is 6.04 Å². The number of nitrogens with one attached hydrogen (secondary N) is 1. The van der Waals surface area contributed by atoms with Gasteiger partial charge in [0.1, 0.15) is 0 Å². The lowest BCUT2D eigenvalue weighted by Crippen LogP contribution is -2.31. The first kappa shape index (κ1) is 10.5. The van der Waals surface area contributed by atoms with Crippen LogP contribution in [0.4, 0.5) is 0 Å². The number of hydrogen-bond donors (Lipinski definition) is 1. The van der Waals surface area contributed by atoms with Crippen molar-refractivity contribution in [1.82, 2.24) is 5.32 Å². The van der Waals surface area contributed by atoms with E-state index in [2.05, 4.69) is 31.8 Å². The SMILES string of the molecule is C=C(C)CC1C/C(C)=C\CCCN1. The fourth-order valence-electron chi connectivity index (χ4n) is 1.87. The first-order valence-electron chi connectivity index (χ1n) is 5.22. The van der Waals surface area contributed by atoms with Crippen molar-refractivity contribution >= 4 is 0 Å². The first-order chi connectivity index (χ1) is 6.18. The lowest BCUT2D eigenvalue weighted by molar-refractivity contribution is 0.487. The molecule has 74 valence electrons. The lowest BCUT2D eigenvalue weighted by atomic mass is 9.98. The molecule has 0 saturated heterocycles. The Kier molecular flexibility index (Phi) is 4.23. The molecule has 0 spiro atoms. The minimum absolute atomic E-state index is 0.619. The van der Waals surface area contributed by atoms with Crippen LogP contribution in [0.3, 0.4) is 0 Å². The molecule has 0 aromatic heterocycles. The van der Waals surface area contributed by atoms with Crippen LogP contribution in [0.15, 0.2) is 23.8 Å². The summed E-state index contributed by atoms with van der Waals surface area (Å²) in [7, 11) is 0. The van der Waals surface area contributed by atoms with Crippen molar-refractivity contribution in [2.24, 2.45) is 0 Å². The monoisotopic (exact) mass is 179 g/mol. The van der Waals surface area contributed by atoms with E-state index in [1.807, 2.05) is 0 Å². The largest absolute Gasteiger partial charge is 0.313 e. The van der Waals surface area contributed by atoms with Crippen molar-refractivity contribution in [3.8, 4) is 0 Å². The van der Waals surface area contributed by atoms with Crippen LogP contribution in [0.2, 0.25) is 0 Å². The molecule has 1 heterocycles. The van der Waals surface area contributed by atoms with E-state index in [1.54, 1.807) is 0 Å². The normalized spacial score (nSPS) is 28.5. The van der Waals surface area contributed by atoms with Gasteiger partial charge in [0.15, 0.2) is 0 Å². The maximum atomic E-state index is 3.97. The molecule has 0 aliphatic carbocycles. The summed E-state index contributed by atoms with van der Waals surface area (Å²) in [5.74, 6) is 0. The van der Waals surface area contributed by atoms with Crippen molar-refractivity contribution in [2.45, 2.75) is 45.6 Å². The van der Waals surface area contributed by atoms with Gasteiger partial charge in [-0.2, -0.15) is 0 Å². The third-order valence-electron chi connectivity index (χ3n) is 2.47. The minimum Gasteiger partial charge on any atom is -0.313 e. The van der Waals surface area contributed by atoms with Gasteiger partial charge < -0.3 is 5.32 Å². The van der Waals surface area contributed by atoms with Gasteiger partial charge >= 0.3 is 0 Å². The molecule has 1 atom stereocenters. The zero-order valence-electron chi connectivity index (χ0n) is 8.90. The highest BCUT2D eigenvalue weighted by Crippen LogP contribution is 2.14. The smallest absolute Gasteiger partial charge is 0.0141 e. The van der Waals surface area contributed by atoms with E-state index in [-0.39, 0.29) is 0 Å². The van der Waals surface area contributed by atoms with Crippen LogP contribution < -0.4 is 5.32 Å². The zero-order valence-corrected chi connectivity index (χ0v) is 8.90. The Morgan fingerprint density at radius 2 is 2.46 bits per heavy atom. The number of allylic oxidation sites excluding steroid dienone is 1. The summed E-state index contributed by atoms with van der Waals surface area (Å²) in [6.07, 6.45) is 7.19. The van der Waals surface area contributed by atoms with Crippen LogP contribution in [0.1, 0.15) is 39.5 Å². The van der Waals surface area contributed by atoms with Crippen LogP contribution in [0, 0.1) is 0 Å². The van der Waals surface area contributed by atoms with Gasteiger partial charge in [-0.1, -0.05) is 17.2 Å². The van der Waals surface area contributed by atoms with E-state index in [0.717, 1.165) is 13.0 Å². The Morgan fingerprint density at radius 3 is 3.15 bits per heavy atom. The van der Waals surface area contributed by atoms with E-state index in [4.69, 9.17) is 0 Å². The molecule has 1 rings (SSSR count). The second kappa shape index (κ2) is 5.23. The van der Waals surface area contributed by atoms with Gasteiger partial charge in [0.2, 0.25) is 0 Å². The Labute approximate surface area is 81.9 Å². The van der Waals surface area contributed by atoms with Crippen LogP contribution in [0.25, 0.3) is 0 Å². The Morgan fingerprint density at radius 1 is 1.69 bits per heavy atom. The molecule has 13 heavy (non-hydrogen) atoms. The topological polar surface area (TPSA) is 12.0 Å². The van der Waals surface area contributed by atoms with Gasteiger partial charge in [-0.25, -0.2) is 0 Å². The molecule has 1 unspecified atom stereocenters. The highest BCUT2D eigenvalue weighted by atomic mass is 14.9. The number of hydrogen-bond acceptors (Lipinski definition) is 1. The van der Waals surface area contributed by atoms with E-state index in [0.29, 0.717) is 6.04 Å². The molecule has 1 N–H and O–H groups in total. The second-order valence-corrected chi connectivity index (χ2v) is 4.21. The standard InChI is InChI=1S/C12H21N/c1-10(2)8-12-9-11(3)6-4-5-7-13-12/h6,12-13H,1,4-5,7-9H2,2-3H3/b11-6-. The van der Waals surface area contributed by atoms with Gasteiger partial charge in [-0.15, -0.1) is 6.58 Å². The second-order valence-electron chi connectivity index (χ2n) is 4.21. The van der Waals surface area contributed by atoms with Gasteiger partial charge in [0.25, 0.3) is 0 Å². The molecule has 1 nitrogen and oxygen atoms in total. The molecule has 0 saturated carbocycles. The summed E-state index contributed by atoms with van der Waals surface area (Å²) in [5.41, 5.74) is 2.81. The van der Waals surface area contributed by atoms with Crippen LogP contribution in [-0.4, -0.2) is 12.6 Å². The molecular formula is C12H21N. The Hall–Kier alpha value is -0.560. The minimum atomic E-state index is 0.619. The average molecular weight is 179 g/mol. The molecule has 0 amide bonds. The third-order valence-corrected chi connectivity index (χ3v) is 2.47. The fraction of sp³-hybridized carbons (Fsp3) is 0.667. The van der Waals surface area contributed by atoms with E-state index in [1.165, 1.54) is 30.4 Å². The van der Waals surface area contributed by atoms with Crippen molar-refractivity contribution in [3.63, 3.8) is 0 Å². The maximum Gasteiger partial charge on any atom is 0.0141 e. The predicted molar refractivity (Wildman–Crippen MR) is 58.8 cm³/mol. The molecule has 0 fully saturated rings. The predicted octanol–water partition coefficient (Wildman–Crippen LogP) is 3.04. The summed E-state index contributed by atoms with van der Waals surface area (Å²) in [4.78, 5) is 0. The zero-order chi connectivity index (χ0) is 9.68. The fourth-order valence-corrected chi connectivity index (χ4v) is 1.87. The Balaban J connectivity index is 2.47. The summed E-state index contributed by atoms with van der Waals surface area (Å²) in [6, 6.07) is 0.619. The van der Waals surface area contributed by atoms with Crippen molar-refractivity contribution < 1.29 is 0 Å². The molecule has 1 heteroatoms. The summed E-state index contributed by atoms with van der Waals surface area (Å²) >= 11 is 0. The third kappa shape index (κ3) is 4.28. The van der Waals surface area contributed by atoms with E-state index >= 15 is 0 Å². The molecular weight excluding hydrogens is 158 g/mol. The summed E-state index contributed by atoms with van der Waals surface area (Å²) in [6.45, 7) is 9.47. The maximum absolute atomic E-state index is 3.97. The quantitative estimate of drug-likeness (QED) is 0.642. The molecule has 0 bridgehead atoms. The summed E-state index contributed by atoms with van der Waals surface area (Å²) in [5, 5.41) is 3.58. The molecule has 0 aromatic carbocycles. The molecule has 0 aromatic rings. The average Bonchev–Trinajstić information content (AvgIpc) is 1.98. The van der Waals surface area contributed by atoms with Gasteiger partial charge in [-0.3, -0.25) is 0 Å². The highest BCUT2D eigenvalue weighted by molar-refractivity contribution is 5.05. The Bertz CT molecular complexity index is 203. The van der Waals surface area contributed by atoms with Gasteiger partial charge in [0.05, 0.1) is 0 Å². The van der Waals surface area contributed by atoms with Crippen molar-refractivity contribution in [1.29, 1.82) is 0 Å².